The molecule has 0 saturated carbocycles. The van der Waals surface area contributed by atoms with Gasteiger partial charge in [0.15, 0.2) is 5.11 Å². The number of rotatable bonds is 4. The number of aliphatic hydroxyl groups excluding tert-OH is 1. The van der Waals surface area contributed by atoms with E-state index >= 15 is 0 Å². The number of thiocarbonyl (C=S) groups is 1. The molecule has 1 aliphatic heterocycles. The van der Waals surface area contributed by atoms with E-state index in [0.29, 0.717) is 11.7 Å². The minimum atomic E-state index is -0.0150. The van der Waals surface area contributed by atoms with Crippen LogP contribution < -0.4 is 5.32 Å². The standard InChI is InChI=1S/C15H18N4OS/c1-18-8-4-6-12(18)14-13(11-5-2-3-7-16-11)17-15(21)19(14)9-10-20/h2-8,13-14,20H,9-10H2,1H3,(H,17,21)/t13-,14+/m1/s1. The average molecular weight is 302 g/mol. The van der Waals surface area contributed by atoms with Gasteiger partial charge < -0.3 is 19.9 Å². The molecule has 0 bridgehead atoms. The molecular weight excluding hydrogens is 284 g/mol. The summed E-state index contributed by atoms with van der Waals surface area (Å²) in [5.41, 5.74) is 2.10. The molecule has 1 aliphatic rings. The van der Waals surface area contributed by atoms with E-state index in [1.54, 1.807) is 6.20 Å². The molecule has 3 rings (SSSR count). The van der Waals surface area contributed by atoms with Crippen molar-refractivity contribution in [3.05, 3.63) is 54.1 Å². The van der Waals surface area contributed by atoms with Gasteiger partial charge in [0.05, 0.1) is 24.4 Å². The third-order valence-electron chi connectivity index (χ3n) is 3.83. The summed E-state index contributed by atoms with van der Waals surface area (Å²) in [5.74, 6) is 0. The lowest BCUT2D eigenvalue weighted by Crippen LogP contribution is -2.32. The molecule has 0 radical (unpaired) electrons. The van der Waals surface area contributed by atoms with Gasteiger partial charge in [-0.05, 0) is 36.5 Å². The highest BCUT2D eigenvalue weighted by atomic mass is 32.1. The maximum absolute atomic E-state index is 9.33. The van der Waals surface area contributed by atoms with Crippen molar-refractivity contribution in [2.24, 2.45) is 7.05 Å². The van der Waals surface area contributed by atoms with E-state index in [1.807, 2.05) is 42.4 Å². The second-order valence-electron chi connectivity index (χ2n) is 5.09. The van der Waals surface area contributed by atoms with Gasteiger partial charge in [-0.15, -0.1) is 0 Å². The van der Waals surface area contributed by atoms with E-state index in [9.17, 15) is 5.11 Å². The van der Waals surface area contributed by atoms with Crippen LogP contribution >= 0.6 is 12.2 Å². The van der Waals surface area contributed by atoms with Crippen molar-refractivity contribution in [3.8, 4) is 0 Å². The van der Waals surface area contributed by atoms with Crippen molar-refractivity contribution in [2.75, 3.05) is 13.2 Å². The second kappa shape index (κ2) is 5.83. The highest BCUT2D eigenvalue weighted by Crippen LogP contribution is 2.37. The van der Waals surface area contributed by atoms with Crippen LogP contribution in [0.4, 0.5) is 0 Å². The summed E-state index contributed by atoms with van der Waals surface area (Å²) in [6.45, 7) is 0.572. The Kier molecular flexibility index (Phi) is 3.90. The fraction of sp³-hybridized carbons (Fsp3) is 0.333. The number of hydrogen-bond acceptors (Lipinski definition) is 3. The largest absolute Gasteiger partial charge is 0.395 e. The van der Waals surface area contributed by atoms with Gasteiger partial charge in [-0.3, -0.25) is 4.98 Å². The van der Waals surface area contributed by atoms with Crippen LogP contribution in [0, 0.1) is 0 Å². The molecule has 2 aromatic heterocycles. The predicted octanol–water partition coefficient (Wildman–Crippen LogP) is 1.38. The van der Waals surface area contributed by atoms with Crippen molar-refractivity contribution >= 4 is 17.3 Å². The summed E-state index contributed by atoms with van der Waals surface area (Å²) in [7, 11) is 2.02. The Bertz CT molecular complexity index is 628. The Morgan fingerprint density at radius 3 is 2.81 bits per heavy atom. The first-order valence-corrected chi connectivity index (χ1v) is 7.33. The molecule has 0 aliphatic carbocycles. The number of aliphatic hydroxyl groups is 1. The van der Waals surface area contributed by atoms with Crippen molar-refractivity contribution < 1.29 is 5.11 Å². The molecule has 21 heavy (non-hydrogen) atoms. The molecule has 5 nitrogen and oxygen atoms in total. The van der Waals surface area contributed by atoms with Gasteiger partial charge >= 0.3 is 0 Å². The zero-order valence-electron chi connectivity index (χ0n) is 11.8. The lowest BCUT2D eigenvalue weighted by atomic mass is 10.0. The fourth-order valence-electron chi connectivity index (χ4n) is 2.86. The van der Waals surface area contributed by atoms with Gasteiger partial charge in [-0.25, -0.2) is 0 Å². The molecule has 0 amide bonds. The van der Waals surface area contributed by atoms with Crippen LogP contribution in [0.15, 0.2) is 42.7 Å². The summed E-state index contributed by atoms with van der Waals surface area (Å²) in [6, 6.07) is 9.99. The Balaban J connectivity index is 2.03. The first kappa shape index (κ1) is 14.0. The second-order valence-corrected chi connectivity index (χ2v) is 5.47. The Labute approximate surface area is 129 Å². The van der Waals surface area contributed by atoms with E-state index in [2.05, 4.69) is 20.9 Å². The first-order valence-electron chi connectivity index (χ1n) is 6.92. The highest BCUT2D eigenvalue weighted by molar-refractivity contribution is 7.80. The van der Waals surface area contributed by atoms with Crippen LogP contribution in [0.1, 0.15) is 23.5 Å². The number of nitrogens with zero attached hydrogens (tertiary/aromatic N) is 3. The van der Waals surface area contributed by atoms with E-state index < -0.39 is 0 Å². The fourth-order valence-corrected chi connectivity index (χ4v) is 3.19. The van der Waals surface area contributed by atoms with Gasteiger partial charge in [-0.1, -0.05) is 6.07 Å². The number of aryl methyl sites for hydroxylation is 1. The predicted molar refractivity (Wildman–Crippen MR) is 84.7 cm³/mol. The molecule has 1 fully saturated rings. The van der Waals surface area contributed by atoms with E-state index in [1.165, 1.54) is 0 Å². The Hall–Kier alpha value is -1.92. The van der Waals surface area contributed by atoms with E-state index in [0.717, 1.165) is 11.4 Å². The maximum Gasteiger partial charge on any atom is 0.170 e. The number of aromatic nitrogens is 2. The van der Waals surface area contributed by atoms with Crippen LogP contribution in [-0.2, 0) is 7.05 Å². The minimum Gasteiger partial charge on any atom is -0.395 e. The molecule has 2 atom stereocenters. The molecular formula is C15H18N4OS. The van der Waals surface area contributed by atoms with Gasteiger partial charge in [0.25, 0.3) is 0 Å². The molecule has 0 spiro atoms. The SMILES string of the molecule is Cn1cccc1[C@H]1[C@@H](c2ccccn2)NC(=S)N1CCO. The molecule has 3 heterocycles. The van der Waals surface area contributed by atoms with Gasteiger partial charge in [0, 0.05) is 31.7 Å². The topological polar surface area (TPSA) is 53.3 Å². The van der Waals surface area contributed by atoms with Crippen molar-refractivity contribution in [1.82, 2.24) is 19.8 Å². The van der Waals surface area contributed by atoms with Crippen molar-refractivity contribution in [3.63, 3.8) is 0 Å². The van der Waals surface area contributed by atoms with Crippen LogP contribution in [-0.4, -0.2) is 37.8 Å². The molecule has 1 saturated heterocycles. The van der Waals surface area contributed by atoms with Crippen LogP contribution in [0.5, 0.6) is 0 Å². The summed E-state index contributed by atoms with van der Waals surface area (Å²) in [6.07, 6.45) is 3.81. The van der Waals surface area contributed by atoms with Gasteiger partial charge in [-0.2, -0.15) is 0 Å². The van der Waals surface area contributed by atoms with Gasteiger partial charge in [0.2, 0.25) is 0 Å². The zero-order chi connectivity index (χ0) is 14.8. The molecule has 2 N–H and O–H groups in total. The van der Waals surface area contributed by atoms with Crippen LogP contribution in [0.3, 0.4) is 0 Å². The molecule has 2 aromatic rings. The van der Waals surface area contributed by atoms with Crippen LogP contribution in [0.25, 0.3) is 0 Å². The maximum atomic E-state index is 9.33. The molecule has 6 heteroatoms. The number of β-amino-alcohol motifs (C(OH)–C–C–N with tert-alkyl or cyclic N) is 1. The summed E-state index contributed by atoms with van der Waals surface area (Å²) >= 11 is 5.44. The van der Waals surface area contributed by atoms with Crippen molar-refractivity contribution in [1.29, 1.82) is 0 Å². The Morgan fingerprint density at radius 1 is 1.33 bits per heavy atom. The molecule has 0 aromatic carbocycles. The third-order valence-corrected chi connectivity index (χ3v) is 4.18. The monoisotopic (exact) mass is 302 g/mol. The quantitative estimate of drug-likeness (QED) is 0.836. The van der Waals surface area contributed by atoms with E-state index in [4.69, 9.17) is 12.2 Å². The minimum absolute atomic E-state index is 0.0150. The number of pyridine rings is 1. The first-order chi connectivity index (χ1) is 10.2. The zero-order valence-corrected chi connectivity index (χ0v) is 12.6. The smallest absolute Gasteiger partial charge is 0.170 e. The lowest BCUT2D eigenvalue weighted by Gasteiger charge is -2.27. The number of nitrogens with one attached hydrogen (secondary N) is 1. The number of hydrogen-bond donors (Lipinski definition) is 2. The lowest BCUT2D eigenvalue weighted by molar-refractivity contribution is 0.219. The Morgan fingerprint density at radius 2 is 2.19 bits per heavy atom. The molecule has 0 unspecified atom stereocenters. The van der Waals surface area contributed by atoms with E-state index in [-0.39, 0.29) is 18.7 Å². The normalized spacial score (nSPS) is 21.6. The summed E-state index contributed by atoms with van der Waals surface area (Å²) in [5, 5.41) is 13.3. The highest BCUT2D eigenvalue weighted by Gasteiger charge is 2.40. The molecule has 110 valence electrons. The summed E-state index contributed by atoms with van der Waals surface area (Å²) < 4.78 is 2.08. The van der Waals surface area contributed by atoms with Crippen molar-refractivity contribution in [2.45, 2.75) is 12.1 Å². The summed E-state index contributed by atoms with van der Waals surface area (Å²) in [4.78, 5) is 6.49. The average Bonchev–Trinajstić information content (AvgIpc) is 3.05. The third kappa shape index (κ3) is 2.52. The van der Waals surface area contributed by atoms with Gasteiger partial charge in [0.1, 0.15) is 0 Å². The van der Waals surface area contributed by atoms with Crippen LogP contribution in [0.2, 0.25) is 0 Å².